The Morgan fingerprint density at radius 2 is 2.11 bits per heavy atom. The van der Waals surface area contributed by atoms with Crippen LogP contribution < -0.4 is 4.48 Å². The zero-order valence-corrected chi connectivity index (χ0v) is 5.96. The molecule has 0 saturated carbocycles. The molecule has 0 atom stereocenters. The Balaban J connectivity index is 2.90. The first-order valence-corrected chi connectivity index (χ1v) is 2.82. The molecule has 9 heavy (non-hydrogen) atoms. The van der Waals surface area contributed by atoms with E-state index in [2.05, 4.69) is 30.8 Å². The zero-order chi connectivity index (χ0) is 6.91. The molecule has 1 aromatic heterocycles. The summed E-state index contributed by atoms with van der Waals surface area (Å²) in [5.74, 6) is 0. The van der Waals surface area contributed by atoms with Crippen molar-refractivity contribution in [3.8, 4) is 0 Å². The molecule has 3 nitrogen and oxygen atoms in total. The van der Waals surface area contributed by atoms with E-state index in [4.69, 9.17) is 0 Å². The maximum atomic E-state index is 4.68. The fraction of sp³-hybridized carbons (Fsp3) is 0.500. The number of nitrogens with zero attached hydrogens (tertiary/aromatic N) is 2. The van der Waals surface area contributed by atoms with Crippen LogP contribution in [0.15, 0.2) is 17.0 Å². The molecule has 0 fully saturated rings. The van der Waals surface area contributed by atoms with Crippen LogP contribution in [-0.4, -0.2) is 26.3 Å². The lowest BCUT2D eigenvalue weighted by molar-refractivity contribution is 0.414. The SMILES string of the molecule is C[N+](C)(C)c1cnoc1. The second-order valence-corrected chi connectivity index (χ2v) is 2.90. The highest BCUT2D eigenvalue weighted by atomic mass is 16.5. The quantitative estimate of drug-likeness (QED) is 0.523. The van der Waals surface area contributed by atoms with Crippen LogP contribution >= 0.6 is 0 Å². The Kier molecular flexibility index (Phi) is 1.29. The summed E-state index contributed by atoms with van der Waals surface area (Å²) in [5.41, 5.74) is 1.08. The van der Waals surface area contributed by atoms with Gasteiger partial charge in [0.25, 0.3) is 0 Å². The molecule has 1 heterocycles. The van der Waals surface area contributed by atoms with E-state index in [1.165, 1.54) is 0 Å². The van der Waals surface area contributed by atoms with Gasteiger partial charge in [0.05, 0.1) is 21.1 Å². The topological polar surface area (TPSA) is 26.0 Å². The first-order valence-electron chi connectivity index (χ1n) is 2.82. The molecule has 3 heteroatoms. The lowest BCUT2D eigenvalue weighted by atomic mass is 10.5. The van der Waals surface area contributed by atoms with Crippen molar-refractivity contribution in [2.24, 2.45) is 0 Å². The summed E-state index contributed by atoms with van der Waals surface area (Å²) in [4.78, 5) is 0. The lowest BCUT2D eigenvalue weighted by Crippen LogP contribution is -2.34. The molecule has 0 aliphatic rings. The lowest BCUT2D eigenvalue weighted by Gasteiger charge is -2.19. The molecule has 0 spiro atoms. The van der Waals surface area contributed by atoms with Crippen LogP contribution in [-0.2, 0) is 0 Å². The summed E-state index contributed by atoms with van der Waals surface area (Å²) < 4.78 is 5.43. The minimum Gasteiger partial charge on any atom is -0.358 e. The van der Waals surface area contributed by atoms with Crippen molar-refractivity contribution >= 4 is 5.69 Å². The van der Waals surface area contributed by atoms with Crippen molar-refractivity contribution in [1.82, 2.24) is 9.64 Å². The molecule has 0 bridgehead atoms. The van der Waals surface area contributed by atoms with Crippen LogP contribution in [0.25, 0.3) is 0 Å². The Bertz CT molecular complexity index is 173. The van der Waals surface area contributed by atoms with Gasteiger partial charge in [-0.2, -0.15) is 0 Å². The van der Waals surface area contributed by atoms with E-state index in [1.54, 1.807) is 12.5 Å². The normalized spacial score (nSPS) is 11.9. The highest BCUT2D eigenvalue weighted by Crippen LogP contribution is 2.13. The Morgan fingerprint density at radius 3 is 2.33 bits per heavy atom. The standard InChI is InChI=1S/C6H11N2O/c1-8(2,3)6-4-7-9-5-6/h4-5H,1-3H3/q+1. The molecule has 0 N–H and O–H groups in total. The monoisotopic (exact) mass is 127 g/mol. The average Bonchev–Trinajstić information content (AvgIpc) is 2.08. The van der Waals surface area contributed by atoms with Crippen LogP contribution in [0.5, 0.6) is 0 Å². The Morgan fingerprint density at radius 1 is 1.44 bits per heavy atom. The summed E-state index contributed by atoms with van der Waals surface area (Å²) in [6.45, 7) is 0. The van der Waals surface area contributed by atoms with Gasteiger partial charge in [-0.05, 0) is 0 Å². The largest absolute Gasteiger partial charge is 0.358 e. The maximum absolute atomic E-state index is 4.68. The molecule has 0 saturated heterocycles. The number of aromatic nitrogens is 1. The highest BCUT2D eigenvalue weighted by molar-refractivity contribution is 5.33. The maximum Gasteiger partial charge on any atom is 0.192 e. The smallest absolute Gasteiger partial charge is 0.192 e. The number of hydrogen-bond acceptors (Lipinski definition) is 2. The van der Waals surface area contributed by atoms with Crippen molar-refractivity contribution in [2.75, 3.05) is 21.1 Å². The van der Waals surface area contributed by atoms with Crippen molar-refractivity contribution in [3.63, 3.8) is 0 Å². The summed E-state index contributed by atoms with van der Waals surface area (Å²) in [6.07, 6.45) is 3.38. The van der Waals surface area contributed by atoms with Gasteiger partial charge in [0.1, 0.15) is 6.20 Å². The van der Waals surface area contributed by atoms with Crippen molar-refractivity contribution in [2.45, 2.75) is 0 Å². The van der Waals surface area contributed by atoms with Crippen molar-refractivity contribution in [1.29, 1.82) is 0 Å². The van der Waals surface area contributed by atoms with Gasteiger partial charge >= 0.3 is 0 Å². The third-order valence-electron chi connectivity index (χ3n) is 1.19. The van der Waals surface area contributed by atoms with E-state index in [0.29, 0.717) is 0 Å². The van der Waals surface area contributed by atoms with E-state index >= 15 is 0 Å². The third-order valence-corrected chi connectivity index (χ3v) is 1.19. The van der Waals surface area contributed by atoms with Crippen LogP contribution in [0.2, 0.25) is 0 Å². The predicted molar refractivity (Wildman–Crippen MR) is 36.1 cm³/mol. The molecule has 50 valence electrons. The van der Waals surface area contributed by atoms with E-state index < -0.39 is 0 Å². The van der Waals surface area contributed by atoms with Crippen LogP contribution in [0.3, 0.4) is 0 Å². The number of hydrogen-bond donors (Lipinski definition) is 0. The highest BCUT2D eigenvalue weighted by Gasteiger charge is 2.12. The van der Waals surface area contributed by atoms with Gasteiger partial charge in [-0.1, -0.05) is 5.16 Å². The van der Waals surface area contributed by atoms with Gasteiger partial charge < -0.3 is 4.52 Å². The second kappa shape index (κ2) is 1.84. The Labute approximate surface area is 54.5 Å². The minimum atomic E-state index is 0.753. The fourth-order valence-corrected chi connectivity index (χ4v) is 0.531. The van der Waals surface area contributed by atoms with E-state index in [0.717, 1.165) is 10.2 Å². The summed E-state index contributed by atoms with van der Waals surface area (Å²) in [7, 11) is 6.19. The van der Waals surface area contributed by atoms with Crippen molar-refractivity contribution in [3.05, 3.63) is 12.5 Å². The van der Waals surface area contributed by atoms with Crippen LogP contribution in [0.1, 0.15) is 0 Å². The van der Waals surface area contributed by atoms with Crippen LogP contribution in [0, 0.1) is 0 Å². The molecule has 1 aromatic rings. The molecule has 0 aliphatic carbocycles. The Hall–Kier alpha value is -0.830. The van der Waals surface area contributed by atoms with E-state index in [-0.39, 0.29) is 0 Å². The molecular weight excluding hydrogens is 116 g/mol. The molecule has 1 rings (SSSR count). The van der Waals surface area contributed by atoms with Crippen molar-refractivity contribution < 1.29 is 4.52 Å². The number of quaternary nitrogens is 1. The van der Waals surface area contributed by atoms with E-state index in [9.17, 15) is 0 Å². The van der Waals surface area contributed by atoms with E-state index in [1.807, 2.05) is 0 Å². The summed E-state index contributed by atoms with van der Waals surface area (Å²) >= 11 is 0. The molecule has 0 aliphatic heterocycles. The third kappa shape index (κ3) is 1.29. The molecule has 0 unspecified atom stereocenters. The fourth-order valence-electron chi connectivity index (χ4n) is 0.531. The van der Waals surface area contributed by atoms with Gasteiger partial charge in [-0.25, -0.2) is 0 Å². The molecule has 0 amide bonds. The predicted octanol–water partition coefficient (Wildman–Crippen LogP) is 0.871. The first-order chi connectivity index (χ1) is 4.11. The summed E-state index contributed by atoms with van der Waals surface area (Å²) in [5, 5.41) is 3.60. The summed E-state index contributed by atoms with van der Waals surface area (Å²) in [6, 6.07) is 0. The van der Waals surface area contributed by atoms with Gasteiger partial charge in [-0.3, -0.25) is 4.48 Å². The van der Waals surface area contributed by atoms with Gasteiger partial charge in [0.2, 0.25) is 0 Å². The zero-order valence-electron chi connectivity index (χ0n) is 5.96. The van der Waals surface area contributed by atoms with Gasteiger partial charge in [0.15, 0.2) is 12.0 Å². The molecule has 0 radical (unpaired) electrons. The molecular formula is C6H11N2O+. The van der Waals surface area contributed by atoms with Gasteiger partial charge in [-0.15, -0.1) is 0 Å². The minimum absolute atomic E-state index is 0.753. The first kappa shape index (κ1) is 6.29. The molecule has 0 aromatic carbocycles. The number of rotatable bonds is 1. The van der Waals surface area contributed by atoms with Crippen LogP contribution in [0.4, 0.5) is 5.69 Å². The average molecular weight is 127 g/mol. The second-order valence-electron chi connectivity index (χ2n) is 2.90. The van der Waals surface area contributed by atoms with Gasteiger partial charge in [0, 0.05) is 0 Å².